The van der Waals surface area contributed by atoms with Crippen molar-refractivity contribution in [2.75, 3.05) is 23.3 Å². The number of amides is 1. The fraction of sp³-hybridized carbons (Fsp3) is 0.227. The third kappa shape index (κ3) is 4.54. The number of hydrogen-bond acceptors (Lipinski definition) is 4. The summed E-state index contributed by atoms with van der Waals surface area (Å²) in [4.78, 5) is 17.5. The summed E-state index contributed by atoms with van der Waals surface area (Å²) >= 11 is 3.45. The molecule has 0 atom stereocenters. The van der Waals surface area contributed by atoms with Crippen molar-refractivity contribution in [2.24, 2.45) is 0 Å². The van der Waals surface area contributed by atoms with E-state index in [1.54, 1.807) is 23.1 Å². The monoisotopic (exact) mass is 394 g/mol. The molecule has 4 rings (SSSR count). The zero-order valence-corrected chi connectivity index (χ0v) is 16.7. The van der Waals surface area contributed by atoms with Crippen molar-refractivity contribution in [3.63, 3.8) is 0 Å². The Hall–Kier alpha value is -2.24. The van der Waals surface area contributed by atoms with Crippen LogP contribution in [0.25, 0.3) is 0 Å². The summed E-state index contributed by atoms with van der Waals surface area (Å²) in [5, 5.41) is 5.13. The molecule has 1 fully saturated rings. The number of thioether (sulfide) groups is 1. The predicted molar refractivity (Wildman–Crippen MR) is 116 cm³/mol. The molecule has 1 aliphatic rings. The molecule has 3 aromatic rings. The van der Waals surface area contributed by atoms with Gasteiger partial charge in [0.05, 0.1) is 5.56 Å². The van der Waals surface area contributed by atoms with Crippen LogP contribution < -0.4 is 10.2 Å². The van der Waals surface area contributed by atoms with E-state index in [4.69, 9.17) is 0 Å². The molecule has 1 aromatic heterocycles. The average Bonchev–Trinajstić information content (AvgIpc) is 3.41. The lowest BCUT2D eigenvalue weighted by molar-refractivity contribution is 0.102. The molecular weight excluding hydrogens is 372 g/mol. The Kier molecular flexibility index (Phi) is 5.80. The summed E-state index contributed by atoms with van der Waals surface area (Å²) in [6, 6.07) is 20.2. The van der Waals surface area contributed by atoms with Crippen LogP contribution in [0.5, 0.6) is 0 Å². The fourth-order valence-electron chi connectivity index (χ4n) is 3.25. The van der Waals surface area contributed by atoms with Crippen molar-refractivity contribution in [1.29, 1.82) is 0 Å². The van der Waals surface area contributed by atoms with Gasteiger partial charge in [0.15, 0.2) is 0 Å². The van der Waals surface area contributed by atoms with Gasteiger partial charge in [-0.25, -0.2) is 0 Å². The van der Waals surface area contributed by atoms with Crippen LogP contribution in [0.4, 0.5) is 11.4 Å². The minimum atomic E-state index is -0.0572. The standard InChI is InChI=1S/C22H22N2OS2/c25-22(23-17-9-11-18(12-10-17)24-13-3-4-14-24)20-7-1-2-8-21(20)27-16-19-6-5-15-26-19/h1-2,5-12,15H,3-4,13-14,16H2,(H,23,25). The topological polar surface area (TPSA) is 32.3 Å². The van der Waals surface area contributed by atoms with E-state index in [2.05, 4.69) is 39.9 Å². The molecule has 5 heteroatoms. The van der Waals surface area contributed by atoms with Crippen LogP contribution >= 0.6 is 23.1 Å². The van der Waals surface area contributed by atoms with E-state index in [1.807, 2.05) is 36.4 Å². The summed E-state index contributed by atoms with van der Waals surface area (Å²) in [6.07, 6.45) is 2.52. The fourth-order valence-corrected chi connectivity index (χ4v) is 5.08. The summed E-state index contributed by atoms with van der Waals surface area (Å²) in [7, 11) is 0. The molecule has 27 heavy (non-hydrogen) atoms. The van der Waals surface area contributed by atoms with Gasteiger partial charge in [-0.2, -0.15) is 0 Å². The number of carbonyl (C=O) groups is 1. The lowest BCUT2D eigenvalue weighted by Gasteiger charge is -2.18. The summed E-state index contributed by atoms with van der Waals surface area (Å²) in [5.41, 5.74) is 2.79. The predicted octanol–water partition coefficient (Wildman–Crippen LogP) is 5.89. The second-order valence-corrected chi connectivity index (χ2v) is 8.61. The Balaban J connectivity index is 1.43. The van der Waals surface area contributed by atoms with Crippen LogP contribution in [-0.2, 0) is 5.75 Å². The van der Waals surface area contributed by atoms with E-state index < -0.39 is 0 Å². The molecule has 0 spiro atoms. The highest BCUT2D eigenvalue weighted by atomic mass is 32.2. The first-order valence-corrected chi connectivity index (χ1v) is 11.1. The maximum Gasteiger partial charge on any atom is 0.256 e. The molecule has 138 valence electrons. The van der Waals surface area contributed by atoms with Gasteiger partial charge in [-0.3, -0.25) is 4.79 Å². The number of thiophene rings is 1. The van der Waals surface area contributed by atoms with Gasteiger partial charge < -0.3 is 10.2 Å². The van der Waals surface area contributed by atoms with E-state index in [9.17, 15) is 4.79 Å². The lowest BCUT2D eigenvalue weighted by Crippen LogP contribution is -2.17. The summed E-state index contributed by atoms with van der Waals surface area (Å²) < 4.78 is 0. The molecule has 2 aromatic carbocycles. The minimum absolute atomic E-state index is 0.0572. The molecule has 3 nitrogen and oxygen atoms in total. The Bertz CT molecular complexity index is 885. The first-order valence-electron chi connectivity index (χ1n) is 9.20. The van der Waals surface area contributed by atoms with Crippen LogP contribution in [0.1, 0.15) is 28.1 Å². The Labute approximate surface area is 168 Å². The Morgan fingerprint density at radius 1 is 1.00 bits per heavy atom. The van der Waals surface area contributed by atoms with Crippen LogP contribution in [0.15, 0.2) is 70.9 Å². The summed E-state index contributed by atoms with van der Waals surface area (Å²) in [5.74, 6) is 0.824. The maximum absolute atomic E-state index is 12.8. The van der Waals surface area contributed by atoms with Gasteiger partial charge in [-0.1, -0.05) is 18.2 Å². The van der Waals surface area contributed by atoms with E-state index >= 15 is 0 Å². The molecule has 0 saturated carbocycles. The van der Waals surface area contributed by atoms with Crippen molar-refractivity contribution < 1.29 is 4.79 Å². The molecule has 0 radical (unpaired) electrons. The second kappa shape index (κ2) is 8.63. The number of anilines is 2. The number of benzene rings is 2. The molecular formula is C22H22N2OS2. The maximum atomic E-state index is 12.8. The molecule has 1 N–H and O–H groups in total. The van der Waals surface area contributed by atoms with Crippen LogP contribution in [0.3, 0.4) is 0 Å². The van der Waals surface area contributed by atoms with Crippen LogP contribution in [0, 0.1) is 0 Å². The Morgan fingerprint density at radius 2 is 1.78 bits per heavy atom. The van der Waals surface area contributed by atoms with Gasteiger partial charge in [0, 0.05) is 40.0 Å². The van der Waals surface area contributed by atoms with Gasteiger partial charge in [-0.05, 0) is 60.7 Å². The van der Waals surface area contributed by atoms with E-state index in [0.29, 0.717) is 0 Å². The number of carbonyl (C=O) groups excluding carboxylic acids is 1. The van der Waals surface area contributed by atoms with Gasteiger partial charge in [0.1, 0.15) is 0 Å². The van der Waals surface area contributed by atoms with E-state index in [-0.39, 0.29) is 5.91 Å². The van der Waals surface area contributed by atoms with Crippen LogP contribution in [-0.4, -0.2) is 19.0 Å². The van der Waals surface area contributed by atoms with Gasteiger partial charge in [0.2, 0.25) is 0 Å². The van der Waals surface area contributed by atoms with E-state index in [0.717, 1.165) is 35.0 Å². The SMILES string of the molecule is O=C(Nc1ccc(N2CCCC2)cc1)c1ccccc1SCc1cccs1. The van der Waals surface area contributed by atoms with E-state index in [1.165, 1.54) is 23.4 Å². The highest BCUT2D eigenvalue weighted by molar-refractivity contribution is 7.98. The molecule has 0 bridgehead atoms. The normalized spacial score (nSPS) is 13.7. The lowest BCUT2D eigenvalue weighted by atomic mass is 10.2. The van der Waals surface area contributed by atoms with Crippen molar-refractivity contribution in [1.82, 2.24) is 0 Å². The molecule has 0 unspecified atom stereocenters. The minimum Gasteiger partial charge on any atom is -0.372 e. The van der Waals surface area contributed by atoms with Crippen molar-refractivity contribution >= 4 is 40.4 Å². The molecule has 1 saturated heterocycles. The highest BCUT2D eigenvalue weighted by Crippen LogP contribution is 2.29. The largest absolute Gasteiger partial charge is 0.372 e. The van der Waals surface area contributed by atoms with Gasteiger partial charge in [0.25, 0.3) is 5.91 Å². The zero-order chi connectivity index (χ0) is 18.5. The van der Waals surface area contributed by atoms with Crippen molar-refractivity contribution in [3.8, 4) is 0 Å². The average molecular weight is 395 g/mol. The quantitative estimate of drug-likeness (QED) is 0.529. The first-order chi connectivity index (χ1) is 13.3. The van der Waals surface area contributed by atoms with Crippen molar-refractivity contribution in [3.05, 3.63) is 76.5 Å². The van der Waals surface area contributed by atoms with Crippen LogP contribution in [0.2, 0.25) is 0 Å². The summed E-state index contributed by atoms with van der Waals surface area (Å²) in [6.45, 7) is 2.25. The molecule has 0 aliphatic carbocycles. The number of rotatable bonds is 6. The van der Waals surface area contributed by atoms with Gasteiger partial charge >= 0.3 is 0 Å². The molecule has 1 aliphatic heterocycles. The third-order valence-corrected chi connectivity index (χ3v) is 6.86. The van der Waals surface area contributed by atoms with Gasteiger partial charge in [-0.15, -0.1) is 23.1 Å². The zero-order valence-electron chi connectivity index (χ0n) is 15.1. The smallest absolute Gasteiger partial charge is 0.256 e. The highest BCUT2D eigenvalue weighted by Gasteiger charge is 2.14. The number of nitrogens with zero attached hydrogens (tertiary/aromatic N) is 1. The van der Waals surface area contributed by atoms with Crippen molar-refractivity contribution in [2.45, 2.75) is 23.5 Å². The number of nitrogens with one attached hydrogen (secondary N) is 1. The molecule has 2 heterocycles. The first kappa shape index (κ1) is 18.1. The Morgan fingerprint density at radius 3 is 2.52 bits per heavy atom. The number of hydrogen-bond donors (Lipinski definition) is 1. The molecule has 1 amide bonds. The third-order valence-electron chi connectivity index (χ3n) is 4.68. The second-order valence-electron chi connectivity index (χ2n) is 6.56.